The maximum absolute atomic E-state index is 10.3. The molecule has 1 aromatic heterocycles. The summed E-state index contributed by atoms with van der Waals surface area (Å²) in [5.74, 6) is 0. The lowest BCUT2D eigenvalue weighted by molar-refractivity contribution is 0.220. The summed E-state index contributed by atoms with van der Waals surface area (Å²) >= 11 is 0. The minimum Gasteiger partial charge on any atom is -0.384 e. The van der Waals surface area contributed by atoms with Crippen LogP contribution in [0.25, 0.3) is 0 Å². The minimum absolute atomic E-state index is 0.588. The molecule has 3 rings (SSSR count). The van der Waals surface area contributed by atoms with Crippen molar-refractivity contribution in [1.82, 2.24) is 9.78 Å². The van der Waals surface area contributed by atoms with Crippen molar-refractivity contribution >= 4 is 5.69 Å². The van der Waals surface area contributed by atoms with E-state index >= 15 is 0 Å². The van der Waals surface area contributed by atoms with Crippen LogP contribution in [0.4, 0.5) is 5.69 Å². The smallest absolute Gasteiger partial charge is 0.107 e. The van der Waals surface area contributed by atoms with E-state index in [0.29, 0.717) is 0 Å². The van der Waals surface area contributed by atoms with Crippen molar-refractivity contribution in [2.24, 2.45) is 7.05 Å². The molecule has 0 amide bonds. The number of aliphatic hydroxyl groups excluding tert-OH is 1. The van der Waals surface area contributed by atoms with Gasteiger partial charge in [-0.05, 0) is 23.6 Å². The van der Waals surface area contributed by atoms with E-state index in [1.807, 2.05) is 19.3 Å². The molecule has 1 unspecified atom stereocenters. The number of aryl methyl sites for hydroxylation is 1. The van der Waals surface area contributed by atoms with Crippen molar-refractivity contribution in [3.63, 3.8) is 0 Å². The third-order valence-corrected chi connectivity index (χ3v) is 3.59. The number of aliphatic hydroxyl groups is 1. The van der Waals surface area contributed by atoms with Gasteiger partial charge in [-0.15, -0.1) is 0 Å². The van der Waals surface area contributed by atoms with Gasteiger partial charge in [-0.3, -0.25) is 4.68 Å². The van der Waals surface area contributed by atoms with Gasteiger partial charge in [0.2, 0.25) is 0 Å². The Balaban J connectivity index is 1.93. The van der Waals surface area contributed by atoms with Crippen LogP contribution in [0.5, 0.6) is 0 Å². The molecule has 1 atom stereocenters. The van der Waals surface area contributed by atoms with Gasteiger partial charge in [0.1, 0.15) is 6.10 Å². The van der Waals surface area contributed by atoms with Gasteiger partial charge in [-0.2, -0.15) is 5.10 Å². The van der Waals surface area contributed by atoms with E-state index in [1.165, 1.54) is 11.3 Å². The molecule has 2 heterocycles. The van der Waals surface area contributed by atoms with Crippen LogP contribution in [-0.2, 0) is 13.5 Å². The number of aromatic nitrogens is 2. The second-order valence-corrected chi connectivity index (χ2v) is 4.91. The van der Waals surface area contributed by atoms with Gasteiger partial charge < -0.3 is 10.0 Å². The molecule has 0 aliphatic carbocycles. The molecule has 0 saturated carbocycles. The summed E-state index contributed by atoms with van der Waals surface area (Å²) in [5, 5.41) is 14.4. The van der Waals surface area contributed by atoms with Crippen LogP contribution in [0.3, 0.4) is 0 Å². The molecule has 4 nitrogen and oxygen atoms in total. The number of hydrogen-bond acceptors (Lipinski definition) is 3. The summed E-state index contributed by atoms with van der Waals surface area (Å²) in [7, 11) is 3.96. The molecule has 1 aromatic carbocycles. The monoisotopic (exact) mass is 243 g/mol. The quantitative estimate of drug-likeness (QED) is 0.869. The first-order chi connectivity index (χ1) is 8.65. The van der Waals surface area contributed by atoms with E-state index in [-0.39, 0.29) is 0 Å². The number of likely N-dealkylation sites (N-methyl/N-ethyl adjacent to an activating group) is 1. The first-order valence-corrected chi connectivity index (χ1v) is 6.16. The zero-order valence-corrected chi connectivity index (χ0v) is 10.7. The summed E-state index contributed by atoms with van der Waals surface area (Å²) < 4.78 is 1.71. The molecule has 0 bridgehead atoms. The van der Waals surface area contributed by atoms with Crippen molar-refractivity contribution in [3.8, 4) is 0 Å². The molecule has 4 heteroatoms. The Hall–Kier alpha value is -1.81. The van der Waals surface area contributed by atoms with Gasteiger partial charge in [-0.1, -0.05) is 12.1 Å². The van der Waals surface area contributed by atoms with E-state index in [4.69, 9.17) is 0 Å². The normalized spacial score (nSPS) is 15.8. The largest absolute Gasteiger partial charge is 0.384 e. The Labute approximate surface area is 106 Å². The SMILES string of the molecule is CN1CCc2cc(C(O)c3cnn(C)c3)ccc21. The summed E-state index contributed by atoms with van der Waals surface area (Å²) in [6.45, 7) is 1.06. The second-order valence-electron chi connectivity index (χ2n) is 4.91. The van der Waals surface area contributed by atoms with Gasteiger partial charge in [0.05, 0.1) is 6.20 Å². The maximum Gasteiger partial charge on any atom is 0.107 e. The summed E-state index contributed by atoms with van der Waals surface area (Å²) in [5.41, 5.74) is 4.37. The summed E-state index contributed by atoms with van der Waals surface area (Å²) in [6.07, 6.45) is 4.03. The van der Waals surface area contributed by atoms with Gasteiger partial charge in [0.15, 0.2) is 0 Å². The van der Waals surface area contributed by atoms with Crippen molar-refractivity contribution in [3.05, 3.63) is 47.3 Å². The number of anilines is 1. The summed E-state index contributed by atoms with van der Waals surface area (Å²) in [4.78, 5) is 2.25. The van der Waals surface area contributed by atoms with E-state index in [1.54, 1.807) is 10.9 Å². The minimum atomic E-state index is -0.588. The van der Waals surface area contributed by atoms with Crippen molar-refractivity contribution in [2.45, 2.75) is 12.5 Å². The molecule has 94 valence electrons. The zero-order chi connectivity index (χ0) is 12.7. The van der Waals surface area contributed by atoms with Crippen LogP contribution in [-0.4, -0.2) is 28.5 Å². The number of fused-ring (bicyclic) bond motifs is 1. The topological polar surface area (TPSA) is 41.3 Å². The standard InChI is InChI=1S/C14H17N3O/c1-16-6-5-10-7-11(3-4-13(10)16)14(18)12-8-15-17(2)9-12/h3-4,7-9,14,18H,5-6H2,1-2H3. The Bertz CT molecular complexity index is 576. The molecule has 0 spiro atoms. The van der Waals surface area contributed by atoms with Crippen molar-refractivity contribution < 1.29 is 5.11 Å². The average Bonchev–Trinajstić information content (AvgIpc) is 2.95. The van der Waals surface area contributed by atoms with Crippen molar-refractivity contribution in [2.75, 3.05) is 18.5 Å². The number of benzene rings is 1. The van der Waals surface area contributed by atoms with Crippen LogP contribution in [0, 0.1) is 0 Å². The highest BCUT2D eigenvalue weighted by molar-refractivity contribution is 5.59. The van der Waals surface area contributed by atoms with Crippen LogP contribution < -0.4 is 4.90 Å². The molecule has 1 aliphatic rings. The lowest BCUT2D eigenvalue weighted by atomic mass is 10.0. The van der Waals surface area contributed by atoms with Crippen LogP contribution >= 0.6 is 0 Å². The summed E-state index contributed by atoms with van der Waals surface area (Å²) in [6, 6.07) is 6.20. The highest BCUT2D eigenvalue weighted by atomic mass is 16.3. The van der Waals surface area contributed by atoms with Crippen LogP contribution in [0.1, 0.15) is 22.8 Å². The van der Waals surface area contributed by atoms with E-state index in [2.05, 4.69) is 29.2 Å². The number of nitrogens with zero attached hydrogens (tertiary/aromatic N) is 3. The highest BCUT2D eigenvalue weighted by Crippen LogP contribution is 2.31. The Morgan fingerprint density at radius 2 is 2.11 bits per heavy atom. The maximum atomic E-state index is 10.3. The fourth-order valence-corrected chi connectivity index (χ4v) is 2.53. The molecule has 1 N–H and O–H groups in total. The number of rotatable bonds is 2. The predicted octanol–water partition coefficient (Wildman–Crippen LogP) is 1.49. The molecular weight excluding hydrogens is 226 g/mol. The molecule has 0 fully saturated rings. The molecule has 18 heavy (non-hydrogen) atoms. The first kappa shape index (κ1) is 11.3. The molecular formula is C14H17N3O. The Morgan fingerprint density at radius 3 is 2.83 bits per heavy atom. The van der Waals surface area contributed by atoms with E-state index in [0.717, 1.165) is 24.1 Å². The molecule has 0 radical (unpaired) electrons. The molecule has 0 saturated heterocycles. The van der Waals surface area contributed by atoms with Crippen molar-refractivity contribution in [1.29, 1.82) is 0 Å². The lowest BCUT2D eigenvalue weighted by Crippen LogP contribution is -2.12. The lowest BCUT2D eigenvalue weighted by Gasteiger charge is -2.14. The fraction of sp³-hybridized carbons (Fsp3) is 0.357. The van der Waals surface area contributed by atoms with Gasteiger partial charge in [-0.25, -0.2) is 0 Å². The van der Waals surface area contributed by atoms with Gasteiger partial charge in [0.25, 0.3) is 0 Å². The third kappa shape index (κ3) is 1.78. The Morgan fingerprint density at radius 1 is 1.28 bits per heavy atom. The zero-order valence-electron chi connectivity index (χ0n) is 10.7. The van der Waals surface area contributed by atoms with E-state index < -0.39 is 6.10 Å². The first-order valence-electron chi connectivity index (χ1n) is 6.16. The highest BCUT2D eigenvalue weighted by Gasteiger charge is 2.19. The van der Waals surface area contributed by atoms with E-state index in [9.17, 15) is 5.11 Å². The van der Waals surface area contributed by atoms with Crippen LogP contribution in [0.2, 0.25) is 0 Å². The molecule has 2 aromatic rings. The fourth-order valence-electron chi connectivity index (χ4n) is 2.53. The number of hydrogen-bond donors (Lipinski definition) is 1. The second kappa shape index (κ2) is 4.14. The van der Waals surface area contributed by atoms with Gasteiger partial charge >= 0.3 is 0 Å². The predicted molar refractivity (Wildman–Crippen MR) is 70.7 cm³/mol. The third-order valence-electron chi connectivity index (χ3n) is 3.59. The Kier molecular flexibility index (Phi) is 2.59. The molecule has 1 aliphatic heterocycles. The van der Waals surface area contributed by atoms with Gasteiger partial charge in [0, 0.05) is 38.1 Å². The average molecular weight is 243 g/mol. The van der Waals surface area contributed by atoms with Crippen LogP contribution in [0.15, 0.2) is 30.6 Å².